The first kappa shape index (κ1) is 11.4. The fourth-order valence-corrected chi connectivity index (χ4v) is 0.482. The predicted octanol–water partition coefficient (Wildman–Crippen LogP) is 1.68. The Morgan fingerprint density at radius 2 is 2.12 bits per heavy atom. The highest BCUT2D eigenvalue weighted by Crippen LogP contribution is 1.84. The van der Waals surface area contributed by atoms with E-state index in [4.69, 9.17) is 0 Å². The molecular formula is C5H14ClNS. The Kier molecular flexibility index (Phi) is 10.8. The first-order chi connectivity index (χ1) is 3.27. The Labute approximate surface area is 63.1 Å². The minimum Gasteiger partial charge on any atom is -0.306 e. The highest BCUT2D eigenvalue weighted by Gasteiger charge is 1.86. The molecule has 0 amide bonds. The van der Waals surface area contributed by atoms with E-state index >= 15 is 0 Å². The molecule has 0 radical (unpaired) electrons. The van der Waals surface area contributed by atoms with Crippen LogP contribution < -0.4 is 5.32 Å². The van der Waals surface area contributed by atoms with Gasteiger partial charge >= 0.3 is 0 Å². The second-order valence-corrected chi connectivity index (χ2v) is 2.40. The van der Waals surface area contributed by atoms with Gasteiger partial charge in [-0.15, -0.1) is 12.4 Å². The number of thiol groups is 1. The van der Waals surface area contributed by atoms with E-state index in [0.717, 1.165) is 6.54 Å². The highest BCUT2D eigenvalue weighted by atomic mass is 35.5. The van der Waals surface area contributed by atoms with Crippen LogP contribution in [0.2, 0.25) is 0 Å². The van der Waals surface area contributed by atoms with E-state index in [1.165, 1.54) is 6.42 Å². The van der Waals surface area contributed by atoms with E-state index in [2.05, 4.69) is 24.9 Å². The van der Waals surface area contributed by atoms with Crippen LogP contribution in [-0.4, -0.2) is 11.9 Å². The van der Waals surface area contributed by atoms with Crippen LogP contribution in [0, 0.1) is 0 Å². The Balaban J connectivity index is 0. The van der Waals surface area contributed by atoms with Crippen molar-refractivity contribution >= 4 is 25.0 Å². The van der Waals surface area contributed by atoms with Crippen LogP contribution in [0.1, 0.15) is 20.3 Å². The van der Waals surface area contributed by atoms with Gasteiger partial charge in [-0.3, -0.25) is 0 Å². The normalized spacial score (nSPS) is 12.4. The molecule has 0 saturated carbocycles. The maximum absolute atomic E-state index is 4.12. The third kappa shape index (κ3) is 9.78. The fourth-order valence-electron chi connectivity index (χ4n) is 0.353. The quantitative estimate of drug-likeness (QED) is 0.467. The summed E-state index contributed by atoms with van der Waals surface area (Å²) in [5, 5.41) is 3.51. The van der Waals surface area contributed by atoms with Gasteiger partial charge in [-0.2, -0.15) is 12.6 Å². The molecule has 3 heteroatoms. The minimum atomic E-state index is 0. The first-order valence-corrected chi connectivity index (χ1v) is 3.20. The van der Waals surface area contributed by atoms with Crippen LogP contribution in [0.4, 0.5) is 0 Å². The molecule has 0 fully saturated rings. The zero-order chi connectivity index (χ0) is 5.70. The zero-order valence-electron chi connectivity index (χ0n) is 5.35. The molecule has 52 valence electrons. The largest absolute Gasteiger partial charge is 0.306 e. The molecule has 1 N–H and O–H groups in total. The van der Waals surface area contributed by atoms with Crippen molar-refractivity contribution in [2.24, 2.45) is 0 Å². The van der Waals surface area contributed by atoms with Gasteiger partial charge in [-0.1, -0.05) is 6.92 Å². The van der Waals surface area contributed by atoms with E-state index < -0.39 is 0 Å². The van der Waals surface area contributed by atoms with Gasteiger partial charge in [0, 0.05) is 5.37 Å². The molecule has 0 aromatic carbocycles. The Morgan fingerprint density at radius 1 is 1.62 bits per heavy atom. The van der Waals surface area contributed by atoms with Gasteiger partial charge in [0.05, 0.1) is 0 Å². The Bertz CT molecular complexity index is 41.4. The van der Waals surface area contributed by atoms with Crippen LogP contribution >= 0.6 is 25.0 Å². The lowest BCUT2D eigenvalue weighted by atomic mass is 10.5. The summed E-state index contributed by atoms with van der Waals surface area (Å²) in [4.78, 5) is 0. The number of hydrogen-bond acceptors (Lipinski definition) is 2. The van der Waals surface area contributed by atoms with Crippen molar-refractivity contribution in [2.45, 2.75) is 25.6 Å². The summed E-state index contributed by atoms with van der Waals surface area (Å²) in [5.74, 6) is 0. The SMILES string of the molecule is CCCNC(C)S.Cl. The first-order valence-electron chi connectivity index (χ1n) is 2.68. The lowest BCUT2D eigenvalue weighted by Gasteiger charge is -2.02. The van der Waals surface area contributed by atoms with Crippen molar-refractivity contribution in [3.63, 3.8) is 0 Å². The van der Waals surface area contributed by atoms with Crippen molar-refractivity contribution in [3.05, 3.63) is 0 Å². The van der Waals surface area contributed by atoms with Gasteiger partial charge in [0.15, 0.2) is 0 Å². The third-order valence-corrected chi connectivity index (χ3v) is 0.872. The van der Waals surface area contributed by atoms with Gasteiger partial charge < -0.3 is 5.32 Å². The molecule has 8 heavy (non-hydrogen) atoms. The van der Waals surface area contributed by atoms with Crippen LogP contribution in [0.15, 0.2) is 0 Å². The van der Waals surface area contributed by atoms with Crippen LogP contribution in [-0.2, 0) is 0 Å². The summed E-state index contributed by atoms with van der Waals surface area (Å²) >= 11 is 4.12. The van der Waals surface area contributed by atoms with Crippen LogP contribution in [0.5, 0.6) is 0 Å². The molecule has 1 atom stereocenters. The van der Waals surface area contributed by atoms with E-state index in [-0.39, 0.29) is 12.4 Å². The van der Waals surface area contributed by atoms with E-state index in [9.17, 15) is 0 Å². The molecule has 0 aliphatic carbocycles. The third-order valence-electron chi connectivity index (χ3n) is 0.690. The number of nitrogens with one attached hydrogen (secondary N) is 1. The number of hydrogen-bond donors (Lipinski definition) is 2. The number of halogens is 1. The molecule has 0 heterocycles. The van der Waals surface area contributed by atoms with Gasteiger partial charge in [0.2, 0.25) is 0 Å². The predicted molar refractivity (Wildman–Crippen MR) is 44.0 cm³/mol. The molecule has 0 aliphatic rings. The minimum absolute atomic E-state index is 0. The molecule has 0 bridgehead atoms. The second-order valence-electron chi connectivity index (χ2n) is 1.63. The van der Waals surface area contributed by atoms with Crippen LogP contribution in [0.25, 0.3) is 0 Å². The average molecular weight is 156 g/mol. The van der Waals surface area contributed by atoms with Crippen molar-refractivity contribution in [1.29, 1.82) is 0 Å². The van der Waals surface area contributed by atoms with Crippen molar-refractivity contribution < 1.29 is 0 Å². The van der Waals surface area contributed by atoms with Gasteiger partial charge in [-0.25, -0.2) is 0 Å². The van der Waals surface area contributed by atoms with Crippen LogP contribution in [0.3, 0.4) is 0 Å². The molecule has 0 saturated heterocycles. The molecule has 0 aromatic heterocycles. The number of rotatable bonds is 3. The summed E-state index contributed by atoms with van der Waals surface area (Å²) in [7, 11) is 0. The average Bonchev–Trinajstić information content (AvgIpc) is 1.61. The molecule has 0 aromatic rings. The molecule has 0 aliphatic heterocycles. The molecule has 0 rings (SSSR count). The fraction of sp³-hybridized carbons (Fsp3) is 1.00. The maximum atomic E-state index is 4.12. The summed E-state index contributed by atoms with van der Waals surface area (Å²) in [6.45, 7) is 5.24. The van der Waals surface area contributed by atoms with Crippen molar-refractivity contribution in [1.82, 2.24) is 5.32 Å². The molecule has 0 spiro atoms. The zero-order valence-corrected chi connectivity index (χ0v) is 7.06. The standard InChI is InChI=1S/C5H13NS.ClH/c1-3-4-6-5(2)7;/h5-7H,3-4H2,1-2H3;1H. The molecular weight excluding hydrogens is 142 g/mol. The van der Waals surface area contributed by atoms with Crippen molar-refractivity contribution in [3.8, 4) is 0 Å². The van der Waals surface area contributed by atoms with Gasteiger partial charge in [0.25, 0.3) is 0 Å². The highest BCUT2D eigenvalue weighted by molar-refractivity contribution is 7.80. The van der Waals surface area contributed by atoms with Gasteiger partial charge in [-0.05, 0) is 19.9 Å². The van der Waals surface area contributed by atoms with Gasteiger partial charge in [0.1, 0.15) is 0 Å². The van der Waals surface area contributed by atoms with Crippen molar-refractivity contribution in [2.75, 3.05) is 6.54 Å². The lowest BCUT2D eigenvalue weighted by molar-refractivity contribution is 0.674. The topological polar surface area (TPSA) is 12.0 Å². The summed E-state index contributed by atoms with van der Waals surface area (Å²) in [6, 6.07) is 0. The van der Waals surface area contributed by atoms with E-state index in [1.807, 2.05) is 6.92 Å². The maximum Gasteiger partial charge on any atom is 0.0473 e. The molecule has 1 unspecified atom stereocenters. The Hall–Kier alpha value is 0.600. The monoisotopic (exact) mass is 155 g/mol. The molecule has 1 nitrogen and oxygen atoms in total. The summed E-state index contributed by atoms with van der Waals surface area (Å²) in [5.41, 5.74) is 0. The summed E-state index contributed by atoms with van der Waals surface area (Å²) < 4.78 is 0. The van der Waals surface area contributed by atoms with E-state index in [0.29, 0.717) is 5.37 Å². The Morgan fingerprint density at radius 3 is 2.25 bits per heavy atom. The summed E-state index contributed by atoms with van der Waals surface area (Å²) in [6.07, 6.45) is 1.19. The lowest BCUT2D eigenvalue weighted by Crippen LogP contribution is -2.20. The smallest absolute Gasteiger partial charge is 0.0473 e. The second kappa shape index (κ2) is 7.60. The van der Waals surface area contributed by atoms with E-state index in [1.54, 1.807) is 0 Å².